The topological polar surface area (TPSA) is 61.4 Å². The molecule has 33 heavy (non-hydrogen) atoms. The van der Waals surface area contributed by atoms with Gasteiger partial charge < -0.3 is 15.1 Å². The highest BCUT2D eigenvalue weighted by atomic mass is 32.2. The van der Waals surface area contributed by atoms with Gasteiger partial charge in [0.1, 0.15) is 10.8 Å². The van der Waals surface area contributed by atoms with E-state index in [4.69, 9.17) is 0 Å². The minimum Gasteiger partial charge on any atom is -0.368 e. The Kier molecular flexibility index (Phi) is 7.13. The fourth-order valence-corrected chi connectivity index (χ4v) is 4.69. The predicted molar refractivity (Wildman–Crippen MR) is 133 cm³/mol. The first-order chi connectivity index (χ1) is 15.9. The van der Waals surface area contributed by atoms with E-state index in [1.54, 1.807) is 18.5 Å². The fraction of sp³-hybridized carbons (Fsp3) is 0.320. The van der Waals surface area contributed by atoms with Gasteiger partial charge in [-0.05, 0) is 55.7 Å². The second kappa shape index (κ2) is 10.2. The van der Waals surface area contributed by atoms with Gasteiger partial charge in [-0.25, -0.2) is 14.4 Å². The molecule has 0 radical (unpaired) electrons. The number of aryl methyl sites for hydroxylation is 3. The first-order valence-electron chi connectivity index (χ1n) is 11.0. The zero-order valence-electron chi connectivity index (χ0n) is 19.1. The van der Waals surface area contributed by atoms with E-state index < -0.39 is 0 Å². The molecule has 1 fully saturated rings. The second-order valence-corrected chi connectivity index (χ2v) is 9.21. The van der Waals surface area contributed by atoms with Crippen molar-refractivity contribution in [2.75, 3.05) is 47.0 Å². The summed E-state index contributed by atoms with van der Waals surface area (Å²) in [7, 11) is 0. The Morgan fingerprint density at radius 3 is 2.45 bits per heavy atom. The number of hydrogen-bond donors (Lipinski definition) is 1. The molecular formula is C25H28FN5OS. The van der Waals surface area contributed by atoms with Crippen molar-refractivity contribution in [3.63, 3.8) is 0 Å². The van der Waals surface area contributed by atoms with Crippen LogP contribution in [0.2, 0.25) is 0 Å². The van der Waals surface area contributed by atoms with Crippen molar-refractivity contribution in [2.24, 2.45) is 0 Å². The van der Waals surface area contributed by atoms with Crippen molar-refractivity contribution in [2.45, 2.75) is 25.8 Å². The van der Waals surface area contributed by atoms with Gasteiger partial charge in [-0.2, -0.15) is 0 Å². The number of nitrogens with one attached hydrogen (secondary N) is 1. The lowest BCUT2D eigenvalue weighted by Crippen LogP contribution is -2.47. The monoisotopic (exact) mass is 465 g/mol. The summed E-state index contributed by atoms with van der Waals surface area (Å²) < 4.78 is 13.5. The molecule has 2 heterocycles. The average Bonchev–Trinajstić information content (AvgIpc) is 2.82. The van der Waals surface area contributed by atoms with Gasteiger partial charge in [0.05, 0.1) is 5.75 Å². The van der Waals surface area contributed by atoms with Crippen molar-refractivity contribution in [1.82, 2.24) is 9.97 Å². The molecule has 3 aromatic rings. The number of piperazine rings is 1. The Morgan fingerprint density at radius 1 is 0.970 bits per heavy atom. The highest BCUT2D eigenvalue weighted by Crippen LogP contribution is 2.29. The van der Waals surface area contributed by atoms with Gasteiger partial charge in [0, 0.05) is 49.9 Å². The van der Waals surface area contributed by atoms with Crippen molar-refractivity contribution >= 4 is 34.9 Å². The maximum atomic E-state index is 13.5. The number of benzene rings is 2. The van der Waals surface area contributed by atoms with E-state index >= 15 is 0 Å². The van der Waals surface area contributed by atoms with E-state index in [1.165, 1.54) is 40.7 Å². The number of anilines is 3. The average molecular weight is 466 g/mol. The molecule has 0 saturated carbocycles. The second-order valence-electron chi connectivity index (χ2n) is 8.25. The number of carbonyl (C=O) groups is 1. The molecule has 1 aliphatic heterocycles. The van der Waals surface area contributed by atoms with Crippen LogP contribution in [0.5, 0.6) is 0 Å². The minimum absolute atomic E-state index is 0.171. The molecule has 1 N–H and O–H groups in total. The number of carbonyl (C=O) groups excluding carboxylic acids is 1. The zero-order chi connectivity index (χ0) is 23.4. The summed E-state index contributed by atoms with van der Waals surface area (Å²) in [6, 6.07) is 10.9. The Bertz CT molecular complexity index is 1150. The zero-order valence-corrected chi connectivity index (χ0v) is 20.0. The summed E-state index contributed by atoms with van der Waals surface area (Å²) in [6.45, 7) is 9.54. The quantitative estimate of drug-likeness (QED) is 0.537. The largest absolute Gasteiger partial charge is 0.368 e. The first-order valence-corrected chi connectivity index (χ1v) is 12.0. The Morgan fingerprint density at radius 2 is 1.67 bits per heavy atom. The van der Waals surface area contributed by atoms with Crippen molar-refractivity contribution in [3.8, 4) is 0 Å². The molecule has 1 aliphatic rings. The molecular weight excluding hydrogens is 437 g/mol. The van der Waals surface area contributed by atoms with Crippen LogP contribution in [0.4, 0.5) is 21.6 Å². The van der Waals surface area contributed by atoms with Gasteiger partial charge in [-0.1, -0.05) is 30.0 Å². The highest BCUT2D eigenvalue weighted by Gasteiger charge is 2.22. The van der Waals surface area contributed by atoms with Crippen LogP contribution in [-0.4, -0.2) is 47.8 Å². The Hall–Kier alpha value is -3.13. The third kappa shape index (κ3) is 5.63. The molecule has 2 aromatic carbocycles. The van der Waals surface area contributed by atoms with Gasteiger partial charge in [0.2, 0.25) is 5.91 Å². The van der Waals surface area contributed by atoms with E-state index in [2.05, 4.69) is 57.1 Å². The standard InChI is InChI=1S/C25H28FN5OS/c1-17-4-5-19(3)22(14-17)30-10-12-31(13-11-30)24-25(28-9-8-27-24)33-16-23(32)29-21-15-20(26)7-6-18(21)2/h4-9,14-15H,10-13,16H2,1-3H3,(H,29,32). The lowest BCUT2D eigenvalue weighted by molar-refractivity contribution is -0.113. The number of halogens is 1. The summed E-state index contributed by atoms with van der Waals surface area (Å²) in [5.74, 6) is 0.395. The van der Waals surface area contributed by atoms with Crippen LogP contribution >= 0.6 is 11.8 Å². The van der Waals surface area contributed by atoms with Crippen molar-refractivity contribution in [1.29, 1.82) is 0 Å². The lowest BCUT2D eigenvalue weighted by atomic mass is 10.1. The molecule has 0 bridgehead atoms. The molecule has 8 heteroatoms. The maximum absolute atomic E-state index is 13.5. The minimum atomic E-state index is -0.375. The molecule has 4 rings (SSSR count). The van der Waals surface area contributed by atoms with E-state index in [1.807, 2.05) is 6.92 Å². The van der Waals surface area contributed by atoms with E-state index in [9.17, 15) is 9.18 Å². The number of aromatic nitrogens is 2. The molecule has 1 aromatic heterocycles. The van der Waals surface area contributed by atoms with Crippen LogP contribution in [0.15, 0.2) is 53.8 Å². The predicted octanol–water partition coefficient (Wildman–Crippen LogP) is 4.60. The number of nitrogens with zero attached hydrogens (tertiary/aromatic N) is 4. The summed E-state index contributed by atoms with van der Waals surface area (Å²) in [4.78, 5) is 26.1. The van der Waals surface area contributed by atoms with E-state index in [0.29, 0.717) is 5.69 Å². The summed E-state index contributed by atoms with van der Waals surface area (Å²) in [5.41, 5.74) is 5.13. The van der Waals surface area contributed by atoms with Gasteiger partial charge in [-0.15, -0.1) is 0 Å². The Labute approximate surface area is 198 Å². The molecule has 0 atom stereocenters. The van der Waals surface area contributed by atoms with Crippen LogP contribution in [0, 0.1) is 26.6 Å². The number of rotatable bonds is 6. The van der Waals surface area contributed by atoms with E-state index in [-0.39, 0.29) is 17.5 Å². The van der Waals surface area contributed by atoms with E-state index in [0.717, 1.165) is 42.6 Å². The number of amides is 1. The van der Waals surface area contributed by atoms with Gasteiger partial charge in [-0.3, -0.25) is 4.79 Å². The van der Waals surface area contributed by atoms with Gasteiger partial charge >= 0.3 is 0 Å². The summed E-state index contributed by atoms with van der Waals surface area (Å²) in [6.07, 6.45) is 3.33. The van der Waals surface area contributed by atoms with Crippen LogP contribution in [0.25, 0.3) is 0 Å². The third-order valence-corrected chi connectivity index (χ3v) is 6.71. The van der Waals surface area contributed by atoms with Crippen molar-refractivity contribution < 1.29 is 9.18 Å². The fourth-order valence-electron chi connectivity index (χ4n) is 3.91. The highest BCUT2D eigenvalue weighted by molar-refractivity contribution is 8.00. The first kappa shape index (κ1) is 23.0. The van der Waals surface area contributed by atoms with Crippen LogP contribution in [-0.2, 0) is 4.79 Å². The third-order valence-electron chi connectivity index (χ3n) is 5.74. The summed E-state index contributed by atoms with van der Waals surface area (Å²) >= 11 is 1.35. The van der Waals surface area contributed by atoms with Crippen LogP contribution in [0.3, 0.4) is 0 Å². The lowest BCUT2D eigenvalue weighted by Gasteiger charge is -2.37. The normalized spacial score (nSPS) is 13.8. The number of hydrogen-bond acceptors (Lipinski definition) is 6. The van der Waals surface area contributed by atoms with Crippen LogP contribution in [0.1, 0.15) is 16.7 Å². The summed E-state index contributed by atoms with van der Waals surface area (Å²) in [5, 5.41) is 3.51. The molecule has 0 spiro atoms. The molecule has 1 saturated heterocycles. The number of thioether (sulfide) groups is 1. The molecule has 1 amide bonds. The molecule has 0 aliphatic carbocycles. The molecule has 6 nitrogen and oxygen atoms in total. The maximum Gasteiger partial charge on any atom is 0.234 e. The Balaban J connectivity index is 1.38. The molecule has 172 valence electrons. The van der Waals surface area contributed by atoms with Gasteiger partial charge in [0.25, 0.3) is 0 Å². The van der Waals surface area contributed by atoms with Crippen LogP contribution < -0.4 is 15.1 Å². The smallest absolute Gasteiger partial charge is 0.234 e. The SMILES string of the molecule is Cc1ccc(C)c(N2CCN(c3nccnc3SCC(=O)Nc3cc(F)ccc3C)CC2)c1. The van der Waals surface area contributed by atoms with Gasteiger partial charge in [0.15, 0.2) is 5.82 Å². The van der Waals surface area contributed by atoms with Crippen molar-refractivity contribution in [3.05, 3.63) is 71.3 Å². The molecule has 0 unspecified atom stereocenters.